The first kappa shape index (κ1) is 20.9. The molecule has 0 aliphatic rings. The molecule has 0 aromatic heterocycles. The lowest BCUT2D eigenvalue weighted by atomic mass is 10.1. The van der Waals surface area contributed by atoms with Crippen molar-refractivity contribution in [2.75, 3.05) is 17.7 Å². The van der Waals surface area contributed by atoms with Gasteiger partial charge in [-0.2, -0.15) is 0 Å². The normalized spacial score (nSPS) is 10.1. The zero-order valence-corrected chi connectivity index (χ0v) is 17.6. The Hall–Kier alpha value is -2.45. The summed E-state index contributed by atoms with van der Waals surface area (Å²) in [5, 5.41) is 8.62. The fourth-order valence-corrected chi connectivity index (χ4v) is 3.02. The number of benzene rings is 2. The number of hydrogen-bond donors (Lipinski definition) is 3. The number of carbonyl (C=O) groups is 2. The SMILES string of the molecule is CCC(=O)Nc1cccc(NC(=S)NC(=O)c2ccc(OC)c(Br)c2)c1C. The molecule has 0 aliphatic heterocycles. The van der Waals surface area contributed by atoms with E-state index in [0.717, 1.165) is 5.56 Å². The van der Waals surface area contributed by atoms with Gasteiger partial charge in [0.2, 0.25) is 5.91 Å². The van der Waals surface area contributed by atoms with E-state index in [2.05, 4.69) is 31.9 Å². The summed E-state index contributed by atoms with van der Waals surface area (Å²) in [5.74, 6) is 0.217. The number of methoxy groups -OCH3 is 1. The fraction of sp³-hybridized carbons (Fsp3) is 0.211. The highest BCUT2D eigenvalue weighted by molar-refractivity contribution is 9.10. The largest absolute Gasteiger partial charge is 0.496 e. The third-order valence-corrected chi connectivity index (χ3v) is 4.64. The molecule has 27 heavy (non-hydrogen) atoms. The van der Waals surface area contributed by atoms with Crippen LogP contribution in [0.2, 0.25) is 0 Å². The molecule has 8 heteroatoms. The molecular weight excluding hydrogens is 430 g/mol. The van der Waals surface area contributed by atoms with E-state index in [-0.39, 0.29) is 16.9 Å². The zero-order valence-electron chi connectivity index (χ0n) is 15.2. The van der Waals surface area contributed by atoms with Crippen molar-refractivity contribution in [3.63, 3.8) is 0 Å². The van der Waals surface area contributed by atoms with Gasteiger partial charge < -0.3 is 15.4 Å². The minimum absolute atomic E-state index is 0.0730. The average molecular weight is 450 g/mol. The lowest BCUT2D eigenvalue weighted by Crippen LogP contribution is -2.34. The highest BCUT2D eigenvalue weighted by Gasteiger charge is 2.12. The van der Waals surface area contributed by atoms with Gasteiger partial charge >= 0.3 is 0 Å². The maximum absolute atomic E-state index is 12.4. The molecule has 0 radical (unpaired) electrons. The lowest BCUT2D eigenvalue weighted by molar-refractivity contribution is -0.115. The molecule has 2 amide bonds. The maximum atomic E-state index is 12.4. The lowest BCUT2D eigenvalue weighted by Gasteiger charge is -2.15. The first-order valence-corrected chi connectivity index (χ1v) is 9.41. The van der Waals surface area contributed by atoms with Crippen LogP contribution in [0.5, 0.6) is 5.75 Å². The van der Waals surface area contributed by atoms with E-state index in [1.54, 1.807) is 38.3 Å². The fourth-order valence-electron chi connectivity index (χ4n) is 2.28. The van der Waals surface area contributed by atoms with Crippen molar-refractivity contribution in [3.8, 4) is 5.75 Å². The summed E-state index contributed by atoms with van der Waals surface area (Å²) in [6.07, 6.45) is 0.392. The standard InChI is InChI=1S/C19H20BrN3O3S/c1-4-17(24)21-14-6-5-7-15(11(14)2)22-19(27)23-18(25)12-8-9-16(26-3)13(20)10-12/h5-10H,4H2,1-3H3,(H,21,24)(H2,22,23,25,27). The second-order valence-corrected chi connectivity index (χ2v) is 6.90. The Bertz CT molecular complexity index is 886. The summed E-state index contributed by atoms with van der Waals surface area (Å²) in [5.41, 5.74) is 2.65. The summed E-state index contributed by atoms with van der Waals surface area (Å²) in [7, 11) is 1.55. The molecule has 2 rings (SSSR count). The molecule has 6 nitrogen and oxygen atoms in total. The highest BCUT2D eigenvalue weighted by atomic mass is 79.9. The number of carbonyl (C=O) groups excluding carboxylic acids is 2. The van der Waals surface area contributed by atoms with E-state index in [4.69, 9.17) is 17.0 Å². The van der Waals surface area contributed by atoms with Gasteiger partial charge in [-0.3, -0.25) is 14.9 Å². The first-order valence-electron chi connectivity index (χ1n) is 8.21. The Morgan fingerprint density at radius 1 is 1.15 bits per heavy atom. The minimum atomic E-state index is -0.344. The second-order valence-electron chi connectivity index (χ2n) is 5.64. The van der Waals surface area contributed by atoms with Crippen molar-refractivity contribution >= 4 is 56.4 Å². The summed E-state index contributed by atoms with van der Waals surface area (Å²) < 4.78 is 5.83. The molecule has 0 saturated heterocycles. The summed E-state index contributed by atoms with van der Waals surface area (Å²) >= 11 is 8.59. The molecule has 0 spiro atoms. The molecule has 0 heterocycles. The number of hydrogen-bond acceptors (Lipinski definition) is 4. The molecule has 0 aliphatic carbocycles. The van der Waals surface area contributed by atoms with E-state index < -0.39 is 0 Å². The van der Waals surface area contributed by atoms with E-state index >= 15 is 0 Å². The van der Waals surface area contributed by atoms with Crippen LogP contribution in [0, 0.1) is 6.92 Å². The maximum Gasteiger partial charge on any atom is 0.257 e. The summed E-state index contributed by atoms with van der Waals surface area (Å²) in [6, 6.07) is 10.4. The third kappa shape index (κ3) is 5.51. The number of ether oxygens (including phenoxy) is 1. The Labute approximate surface area is 171 Å². The van der Waals surface area contributed by atoms with Gasteiger partial charge in [0, 0.05) is 23.4 Å². The van der Waals surface area contributed by atoms with E-state index in [0.29, 0.717) is 33.6 Å². The van der Waals surface area contributed by atoms with Gasteiger partial charge in [0.15, 0.2) is 5.11 Å². The molecule has 0 bridgehead atoms. The highest BCUT2D eigenvalue weighted by Crippen LogP contribution is 2.26. The van der Waals surface area contributed by atoms with Crippen LogP contribution in [0.4, 0.5) is 11.4 Å². The first-order chi connectivity index (χ1) is 12.8. The van der Waals surface area contributed by atoms with Crippen molar-refractivity contribution < 1.29 is 14.3 Å². The molecule has 2 aromatic carbocycles. The topological polar surface area (TPSA) is 79.5 Å². The number of amides is 2. The molecular formula is C19H20BrN3O3S. The van der Waals surface area contributed by atoms with Crippen LogP contribution < -0.4 is 20.7 Å². The van der Waals surface area contributed by atoms with Gasteiger partial charge in [-0.15, -0.1) is 0 Å². The summed E-state index contributed by atoms with van der Waals surface area (Å²) in [6.45, 7) is 3.65. The van der Waals surface area contributed by atoms with Crippen molar-refractivity contribution in [2.45, 2.75) is 20.3 Å². The van der Waals surface area contributed by atoms with Crippen LogP contribution in [0.25, 0.3) is 0 Å². The third-order valence-electron chi connectivity index (χ3n) is 3.82. The van der Waals surface area contributed by atoms with Gasteiger partial charge in [-0.05, 0) is 71.0 Å². The molecule has 2 aromatic rings. The Morgan fingerprint density at radius 3 is 2.41 bits per heavy atom. The molecule has 3 N–H and O–H groups in total. The number of anilines is 2. The monoisotopic (exact) mass is 449 g/mol. The smallest absolute Gasteiger partial charge is 0.257 e. The van der Waals surface area contributed by atoms with Crippen molar-refractivity contribution in [2.24, 2.45) is 0 Å². The van der Waals surface area contributed by atoms with Gasteiger partial charge in [-0.1, -0.05) is 13.0 Å². The molecule has 0 unspecified atom stereocenters. The van der Waals surface area contributed by atoms with Crippen molar-refractivity contribution in [1.82, 2.24) is 5.32 Å². The van der Waals surface area contributed by atoms with E-state index in [9.17, 15) is 9.59 Å². The van der Waals surface area contributed by atoms with Crippen LogP contribution in [0.3, 0.4) is 0 Å². The Morgan fingerprint density at radius 2 is 1.81 bits per heavy atom. The molecule has 0 atom stereocenters. The van der Waals surface area contributed by atoms with Gasteiger partial charge in [0.1, 0.15) is 5.75 Å². The average Bonchev–Trinajstić information content (AvgIpc) is 2.64. The molecule has 0 fully saturated rings. The number of nitrogens with one attached hydrogen (secondary N) is 3. The van der Waals surface area contributed by atoms with E-state index in [1.165, 1.54) is 0 Å². The van der Waals surface area contributed by atoms with Crippen molar-refractivity contribution in [1.29, 1.82) is 0 Å². The molecule has 142 valence electrons. The zero-order chi connectivity index (χ0) is 20.0. The number of rotatable bonds is 5. The van der Waals surface area contributed by atoms with Crippen LogP contribution in [-0.2, 0) is 4.79 Å². The van der Waals surface area contributed by atoms with Gasteiger partial charge in [-0.25, -0.2) is 0 Å². The van der Waals surface area contributed by atoms with Crippen LogP contribution in [-0.4, -0.2) is 24.0 Å². The van der Waals surface area contributed by atoms with Gasteiger partial charge in [0.05, 0.1) is 11.6 Å². The van der Waals surface area contributed by atoms with Crippen molar-refractivity contribution in [3.05, 3.63) is 52.0 Å². The quantitative estimate of drug-likeness (QED) is 0.594. The number of halogens is 1. The number of thiocarbonyl (C=S) groups is 1. The van der Waals surface area contributed by atoms with E-state index in [1.807, 2.05) is 19.1 Å². The van der Waals surface area contributed by atoms with Crippen LogP contribution in [0.1, 0.15) is 29.3 Å². The predicted octanol–water partition coefficient (Wildman–Crippen LogP) is 4.24. The Balaban J connectivity index is 2.07. The Kier molecular flexibility index (Phi) is 7.32. The predicted molar refractivity (Wildman–Crippen MR) is 114 cm³/mol. The molecule has 0 saturated carbocycles. The van der Waals surface area contributed by atoms with Crippen LogP contribution in [0.15, 0.2) is 40.9 Å². The second kappa shape index (κ2) is 9.48. The summed E-state index contributed by atoms with van der Waals surface area (Å²) in [4.78, 5) is 24.0. The van der Waals surface area contributed by atoms with Gasteiger partial charge in [0.25, 0.3) is 5.91 Å². The minimum Gasteiger partial charge on any atom is -0.496 e. The van der Waals surface area contributed by atoms with Crippen LogP contribution >= 0.6 is 28.1 Å².